The maximum atomic E-state index is 11.9. The minimum Gasteiger partial charge on any atom is -0.399 e. The van der Waals surface area contributed by atoms with Crippen LogP contribution in [-0.4, -0.2) is 41.9 Å². The van der Waals surface area contributed by atoms with Crippen LogP contribution in [0.15, 0.2) is 18.2 Å². The smallest absolute Gasteiger partial charge is 0.238 e. The summed E-state index contributed by atoms with van der Waals surface area (Å²) in [6, 6.07) is 5.07. The Hall–Kier alpha value is -0.910. The van der Waals surface area contributed by atoms with E-state index in [9.17, 15) is 4.79 Å². The lowest BCUT2D eigenvalue weighted by atomic mass is 10.3. The van der Waals surface area contributed by atoms with Crippen molar-refractivity contribution >= 4 is 40.6 Å². The predicted molar refractivity (Wildman–Crippen MR) is 78.3 cm³/mol. The van der Waals surface area contributed by atoms with Gasteiger partial charge in [0.1, 0.15) is 0 Å². The zero-order valence-corrected chi connectivity index (χ0v) is 11.6. The van der Waals surface area contributed by atoms with Crippen LogP contribution < -0.4 is 11.1 Å². The summed E-state index contributed by atoms with van der Waals surface area (Å²) in [6.07, 6.45) is 0. The van der Waals surface area contributed by atoms with E-state index in [1.165, 1.54) is 0 Å². The molecule has 4 nitrogen and oxygen atoms in total. The Balaban J connectivity index is 1.92. The van der Waals surface area contributed by atoms with Crippen molar-refractivity contribution in [2.24, 2.45) is 0 Å². The minimum absolute atomic E-state index is 0.0469. The van der Waals surface area contributed by atoms with E-state index in [0.29, 0.717) is 22.9 Å². The zero-order valence-electron chi connectivity index (χ0n) is 9.99. The molecule has 1 aliphatic heterocycles. The van der Waals surface area contributed by atoms with Crippen molar-refractivity contribution in [3.8, 4) is 0 Å². The van der Waals surface area contributed by atoms with Gasteiger partial charge in [-0.15, -0.1) is 0 Å². The fourth-order valence-corrected chi connectivity index (χ4v) is 2.93. The van der Waals surface area contributed by atoms with E-state index in [2.05, 4.69) is 10.2 Å². The highest BCUT2D eigenvalue weighted by atomic mass is 35.5. The number of nitrogen functional groups attached to an aromatic ring is 1. The van der Waals surface area contributed by atoms with Crippen molar-refractivity contribution in [2.75, 3.05) is 42.2 Å². The number of nitrogens with one attached hydrogen (secondary N) is 1. The predicted octanol–water partition coefficient (Wildman–Crippen LogP) is 1.91. The van der Waals surface area contributed by atoms with Gasteiger partial charge in [0.15, 0.2) is 0 Å². The number of hydrogen-bond donors (Lipinski definition) is 2. The number of thioether (sulfide) groups is 1. The molecule has 0 radical (unpaired) electrons. The lowest BCUT2D eigenvalue weighted by molar-refractivity contribution is -0.117. The van der Waals surface area contributed by atoms with Gasteiger partial charge in [0.05, 0.1) is 17.3 Å². The lowest BCUT2D eigenvalue weighted by Crippen LogP contribution is -2.38. The molecule has 1 saturated heterocycles. The normalized spacial score (nSPS) is 16.5. The quantitative estimate of drug-likeness (QED) is 0.833. The van der Waals surface area contributed by atoms with E-state index in [0.717, 1.165) is 24.6 Å². The molecule has 1 aliphatic rings. The summed E-state index contributed by atoms with van der Waals surface area (Å²) in [5.74, 6) is 2.13. The van der Waals surface area contributed by atoms with Gasteiger partial charge in [0, 0.05) is 30.3 Å². The van der Waals surface area contributed by atoms with Crippen molar-refractivity contribution in [1.82, 2.24) is 4.90 Å². The number of carbonyl (C=O) groups excluding carboxylic acids is 1. The van der Waals surface area contributed by atoms with Gasteiger partial charge in [-0.3, -0.25) is 9.69 Å². The number of nitrogens with two attached hydrogens (primary N) is 1. The number of rotatable bonds is 3. The second kappa shape index (κ2) is 6.31. The number of nitrogens with zero attached hydrogens (tertiary/aromatic N) is 1. The molecule has 1 fully saturated rings. The van der Waals surface area contributed by atoms with E-state index in [1.54, 1.807) is 18.2 Å². The molecule has 1 heterocycles. The van der Waals surface area contributed by atoms with Crippen molar-refractivity contribution in [3.05, 3.63) is 23.2 Å². The topological polar surface area (TPSA) is 58.4 Å². The standard InChI is InChI=1S/C12H16ClN3OS/c13-10-2-1-9(14)7-11(10)15-12(17)8-16-3-5-18-6-4-16/h1-2,7H,3-6,8,14H2,(H,15,17). The van der Waals surface area contributed by atoms with Crippen LogP contribution in [0.1, 0.15) is 0 Å². The number of hydrogen-bond acceptors (Lipinski definition) is 4. The zero-order chi connectivity index (χ0) is 13.0. The maximum absolute atomic E-state index is 11.9. The molecule has 6 heteroatoms. The Labute approximate surface area is 116 Å². The van der Waals surface area contributed by atoms with Gasteiger partial charge in [0.2, 0.25) is 5.91 Å². The van der Waals surface area contributed by atoms with Crippen LogP contribution in [0.2, 0.25) is 5.02 Å². The van der Waals surface area contributed by atoms with E-state index in [4.69, 9.17) is 17.3 Å². The first-order valence-corrected chi connectivity index (χ1v) is 7.33. The summed E-state index contributed by atoms with van der Waals surface area (Å²) in [6.45, 7) is 2.33. The summed E-state index contributed by atoms with van der Waals surface area (Å²) in [7, 11) is 0. The first-order chi connectivity index (χ1) is 8.65. The van der Waals surface area contributed by atoms with Crippen LogP contribution in [0, 0.1) is 0 Å². The molecule has 0 spiro atoms. The molecule has 1 aromatic rings. The second-order valence-electron chi connectivity index (χ2n) is 4.18. The van der Waals surface area contributed by atoms with Gasteiger partial charge in [-0.2, -0.15) is 11.8 Å². The molecule has 1 amide bonds. The molecule has 0 aliphatic carbocycles. The highest BCUT2D eigenvalue weighted by molar-refractivity contribution is 7.99. The van der Waals surface area contributed by atoms with Crippen molar-refractivity contribution < 1.29 is 4.79 Å². The SMILES string of the molecule is Nc1ccc(Cl)c(NC(=O)CN2CCSCC2)c1. The molecular formula is C12H16ClN3OS. The van der Waals surface area contributed by atoms with Crippen LogP contribution >= 0.6 is 23.4 Å². The number of anilines is 2. The third-order valence-electron chi connectivity index (χ3n) is 2.74. The van der Waals surface area contributed by atoms with Gasteiger partial charge in [-0.25, -0.2) is 0 Å². The average Bonchev–Trinajstić information content (AvgIpc) is 2.35. The molecular weight excluding hydrogens is 270 g/mol. The van der Waals surface area contributed by atoms with Gasteiger partial charge in [0.25, 0.3) is 0 Å². The van der Waals surface area contributed by atoms with Gasteiger partial charge in [-0.1, -0.05) is 11.6 Å². The summed E-state index contributed by atoms with van der Waals surface area (Å²) in [5, 5.41) is 3.31. The van der Waals surface area contributed by atoms with Crippen molar-refractivity contribution in [2.45, 2.75) is 0 Å². The maximum Gasteiger partial charge on any atom is 0.238 e. The van der Waals surface area contributed by atoms with E-state index in [-0.39, 0.29) is 5.91 Å². The monoisotopic (exact) mass is 285 g/mol. The molecule has 0 aromatic heterocycles. The van der Waals surface area contributed by atoms with E-state index in [1.807, 2.05) is 11.8 Å². The largest absolute Gasteiger partial charge is 0.399 e. The number of carbonyl (C=O) groups is 1. The summed E-state index contributed by atoms with van der Waals surface area (Å²) in [5.41, 5.74) is 6.83. The number of benzene rings is 1. The molecule has 0 atom stereocenters. The fourth-order valence-electron chi connectivity index (χ4n) is 1.79. The molecule has 18 heavy (non-hydrogen) atoms. The highest BCUT2D eigenvalue weighted by Crippen LogP contribution is 2.24. The molecule has 98 valence electrons. The number of amides is 1. The van der Waals surface area contributed by atoms with Crippen LogP contribution in [0.4, 0.5) is 11.4 Å². The summed E-state index contributed by atoms with van der Waals surface area (Å²) < 4.78 is 0. The lowest BCUT2D eigenvalue weighted by Gasteiger charge is -2.25. The third-order valence-corrected chi connectivity index (χ3v) is 4.01. The fraction of sp³-hybridized carbons (Fsp3) is 0.417. The van der Waals surface area contributed by atoms with Crippen molar-refractivity contribution in [3.63, 3.8) is 0 Å². The van der Waals surface area contributed by atoms with Gasteiger partial charge >= 0.3 is 0 Å². The van der Waals surface area contributed by atoms with Crippen LogP contribution in [0.3, 0.4) is 0 Å². The van der Waals surface area contributed by atoms with Crippen LogP contribution in [-0.2, 0) is 4.79 Å². The molecule has 0 bridgehead atoms. The number of halogens is 1. The first kappa shape index (κ1) is 13.5. The Kier molecular flexibility index (Phi) is 4.74. The molecule has 0 unspecified atom stereocenters. The van der Waals surface area contributed by atoms with Crippen LogP contribution in [0.25, 0.3) is 0 Å². The second-order valence-corrected chi connectivity index (χ2v) is 5.81. The Morgan fingerprint density at radius 1 is 1.44 bits per heavy atom. The summed E-state index contributed by atoms with van der Waals surface area (Å²) in [4.78, 5) is 14.0. The Morgan fingerprint density at radius 2 is 2.17 bits per heavy atom. The highest BCUT2D eigenvalue weighted by Gasteiger charge is 2.14. The minimum atomic E-state index is -0.0469. The first-order valence-electron chi connectivity index (χ1n) is 5.80. The molecule has 2 rings (SSSR count). The Morgan fingerprint density at radius 3 is 2.89 bits per heavy atom. The van der Waals surface area contributed by atoms with Gasteiger partial charge < -0.3 is 11.1 Å². The van der Waals surface area contributed by atoms with E-state index >= 15 is 0 Å². The molecule has 3 N–H and O–H groups in total. The average molecular weight is 286 g/mol. The third kappa shape index (κ3) is 3.80. The van der Waals surface area contributed by atoms with Gasteiger partial charge in [-0.05, 0) is 18.2 Å². The Bertz CT molecular complexity index is 435. The summed E-state index contributed by atoms with van der Waals surface area (Å²) >= 11 is 7.92. The molecule has 1 aromatic carbocycles. The molecule has 0 saturated carbocycles. The van der Waals surface area contributed by atoms with E-state index < -0.39 is 0 Å². The van der Waals surface area contributed by atoms with Crippen LogP contribution in [0.5, 0.6) is 0 Å². The van der Waals surface area contributed by atoms with Crippen molar-refractivity contribution in [1.29, 1.82) is 0 Å².